The lowest BCUT2D eigenvalue weighted by Gasteiger charge is -2.12. The quantitative estimate of drug-likeness (QED) is 0.911. The molecule has 0 bridgehead atoms. The molecule has 0 heterocycles. The zero-order valence-corrected chi connectivity index (χ0v) is 12.6. The van der Waals surface area contributed by atoms with Crippen LogP contribution in [0.5, 0.6) is 0 Å². The van der Waals surface area contributed by atoms with Gasteiger partial charge in [-0.3, -0.25) is 0 Å². The third-order valence-electron chi connectivity index (χ3n) is 2.86. The number of hydrogen-bond acceptors (Lipinski definition) is 2. The Morgan fingerprint density at radius 3 is 2.27 bits per heavy atom. The van der Waals surface area contributed by atoms with Crippen LogP contribution >= 0.6 is 11.6 Å². The summed E-state index contributed by atoms with van der Waals surface area (Å²) in [7, 11) is -4.15. The summed E-state index contributed by atoms with van der Waals surface area (Å²) in [6, 6.07) is 10.8. The molecule has 0 radical (unpaired) electrons. The Morgan fingerprint density at radius 2 is 1.68 bits per heavy atom. The molecule has 118 valence electrons. The van der Waals surface area contributed by atoms with E-state index in [1.807, 2.05) is 0 Å². The molecule has 0 aromatic heterocycles. The van der Waals surface area contributed by atoms with Crippen LogP contribution in [0.1, 0.15) is 11.1 Å². The second-order valence-corrected chi connectivity index (χ2v) is 6.60. The fraction of sp³-hybridized carbons (Fsp3) is 0.143. The van der Waals surface area contributed by atoms with Gasteiger partial charge in [0.1, 0.15) is 4.90 Å². The number of alkyl halides is 3. The summed E-state index contributed by atoms with van der Waals surface area (Å²) in [5.74, 6) is 0. The van der Waals surface area contributed by atoms with Crippen molar-refractivity contribution in [3.63, 3.8) is 0 Å². The highest BCUT2D eigenvalue weighted by molar-refractivity contribution is 7.89. The predicted molar refractivity (Wildman–Crippen MR) is 76.9 cm³/mol. The van der Waals surface area contributed by atoms with Gasteiger partial charge in [0.15, 0.2) is 0 Å². The van der Waals surface area contributed by atoms with Gasteiger partial charge >= 0.3 is 6.18 Å². The third-order valence-corrected chi connectivity index (χ3v) is 4.74. The van der Waals surface area contributed by atoms with E-state index in [0.29, 0.717) is 11.6 Å². The summed E-state index contributed by atoms with van der Waals surface area (Å²) in [5, 5.41) is -0.270. The van der Waals surface area contributed by atoms with Gasteiger partial charge in [0, 0.05) is 6.54 Å². The Morgan fingerprint density at radius 1 is 1.05 bits per heavy atom. The van der Waals surface area contributed by atoms with E-state index in [1.165, 1.54) is 0 Å². The van der Waals surface area contributed by atoms with Crippen molar-refractivity contribution in [2.75, 3.05) is 0 Å². The molecule has 0 saturated heterocycles. The lowest BCUT2D eigenvalue weighted by molar-refractivity contribution is -0.137. The highest BCUT2D eigenvalue weighted by Crippen LogP contribution is 2.33. The summed E-state index contributed by atoms with van der Waals surface area (Å²) in [6.45, 7) is -0.0459. The van der Waals surface area contributed by atoms with Crippen LogP contribution in [0.3, 0.4) is 0 Å². The maximum Gasteiger partial charge on any atom is 0.416 e. The molecule has 0 aliphatic heterocycles. The van der Waals surface area contributed by atoms with E-state index >= 15 is 0 Å². The molecule has 2 aromatic rings. The van der Waals surface area contributed by atoms with E-state index in [2.05, 4.69) is 4.72 Å². The van der Waals surface area contributed by atoms with E-state index in [-0.39, 0.29) is 11.6 Å². The Kier molecular flexibility index (Phi) is 4.79. The molecule has 0 aliphatic rings. The van der Waals surface area contributed by atoms with Crippen LogP contribution in [0.25, 0.3) is 0 Å². The van der Waals surface area contributed by atoms with Crippen molar-refractivity contribution in [1.82, 2.24) is 4.72 Å². The highest BCUT2D eigenvalue weighted by atomic mass is 35.5. The minimum absolute atomic E-state index is 0.0459. The smallest absolute Gasteiger partial charge is 0.207 e. The standard InChI is InChI=1S/C14H11ClF3NO2S/c15-12-7-6-11(14(16,17)18)8-13(12)22(20,21)19-9-10-4-2-1-3-5-10/h1-8,19H,9H2. The zero-order chi connectivity index (χ0) is 16.4. The summed E-state index contributed by atoms with van der Waals surface area (Å²) in [4.78, 5) is -0.597. The summed E-state index contributed by atoms with van der Waals surface area (Å²) >= 11 is 5.73. The molecule has 0 amide bonds. The maximum atomic E-state index is 12.7. The monoisotopic (exact) mass is 349 g/mol. The first-order valence-corrected chi connectivity index (χ1v) is 7.96. The van der Waals surface area contributed by atoms with Crippen molar-refractivity contribution in [2.24, 2.45) is 0 Å². The van der Waals surface area contributed by atoms with Crippen LogP contribution in [0.15, 0.2) is 53.4 Å². The number of rotatable bonds is 4. The molecule has 8 heteroatoms. The first-order valence-electron chi connectivity index (χ1n) is 6.10. The minimum atomic E-state index is -4.64. The second-order valence-electron chi connectivity index (χ2n) is 4.45. The molecule has 22 heavy (non-hydrogen) atoms. The number of sulfonamides is 1. The van der Waals surface area contributed by atoms with Gasteiger partial charge in [0.05, 0.1) is 10.6 Å². The molecular formula is C14H11ClF3NO2S. The van der Waals surface area contributed by atoms with E-state index < -0.39 is 26.7 Å². The average Bonchev–Trinajstić information content (AvgIpc) is 2.45. The van der Waals surface area contributed by atoms with Crippen LogP contribution in [-0.2, 0) is 22.7 Å². The highest BCUT2D eigenvalue weighted by Gasteiger charge is 2.32. The SMILES string of the molecule is O=S(=O)(NCc1ccccc1)c1cc(C(F)(F)F)ccc1Cl. The van der Waals surface area contributed by atoms with E-state index in [0.717, 1.165) is 12.1 Å². The normalized spacial score (nSPS) is 12.4. The van der Waals surface area contributed by atoms with Crippen LogP contribution in [-0.4, -0.2) is 8.42 Å². The Balaban J connectivity index is 2.29. The van der Waals surface area contributed by atoms with Gasteiger partial charge in [-0.25, -0.2) is 13.1 Å². The second kappa shape index (κ2) is 6.28. The number of hydrogen-bond donors (Lipinski definition) is 1. The lowest BCUT2D eigenvalue weighted by Crippen LogP contribution is -2.24. The van der Waals surface area contributed by atoms with Gasteiger partial charge in [-0.15, -0.1) is 0 Å². The van der Waals surface area contributed by atoms with Crippen molar-refractivity contribution in [1.29, 1.82) is 0 Å². The van der Waals surface area contributed by atoms with Gasteiger partial charge < -0.3 is 0 Å². The van der Waals surface area contributed by atoms with Gasteiger partial charge in [-0.05, 0) is 23.8 Å². The number of benzene rings is 2. The van der Waals surface area contributed by atoms with Crippen molar-refractivity contribution >= 4 is 21.6 Å². The molecule has 2 aromatic carbocycles. The number of nitrogens with one attached hydrogen (secondary N) is 1. The molecule has 3 nitrogen and oxygen atoms in total. The first-order chi connectivity index (χ1) is 10.2. The van der Waals surface area contributed by atoms with Crippen LogP contribution < -0.4 is 4.72 Å². The van der Waals surface area contributed by atoms with Gasteiger partial charge in [-0.2, -0.15) is 13.2 Å². The van der Waals surface area contributed by atoms with Crippen molar-refractivity contribution in [2.45, 2.75) is 17.6 Å². The van der Waals surface area contributed by atoms with Crippen molar-refractivity contribution in [3.05, 3.63) is 64.7 Å². The molecule has 0 aliphatic carbocycles. The number of halogens is 4. The third kappa shape index (κ3) is 4.00. The Bertz CT molecular complexity index is 761. The van der Waals surface area contributed by atoms with Crippen molar-refractivity contribution in [3.8, 4) is 0 Å². The fourth-order valence-corrected chi connectivity index (χ4v) is 3.28. The first kappa shape index (κ1) is 16.8. The molecule has 0 unspecified atom stereocenters. The van der Waals surface area contributed by atoms with Gasteiger partial charge in [0.25, 0.3) is 0 Å². The maximum absolute atomic E-state index is 12.7. The Labute approximate surface area is 130 Å². The van der Waals surface area contributed by atoms with Crippen LogP contribution in [0.2, 0.25) is 5.02 Å². The fourth-order valence-electron chi connectivity index (χ4n) is 1.74. The predicted octanol–water partition coefficient (Wildman–Crippen LogP) is 3.84. The minimum Gasteiger partial charge on any atom is -0.207 e. The molecule has 0 saturated carbocycles. The molecular weight excluding hydrogens is 339 g/mol. The topological polar surface area (TPSA) is 46.2 Å². The molecule has 0 fully saturated rings. The van der Waals surface area contributed by atoms with Crippen molar-refractivity contribution < 1.29 is 21.6 Å². The van der Waals surface area contributed by atoms with E-state index in [1.54, 1.807) is 30.3 Å². The molecule has 0 spiro atoms. The van der Waals surface area contributed by atoms with Gasteiger partial charge in [0.2, 0.25) is 10.0 Å². The summed E-state index contributed by atoms with van der Waals surface area (Å²) in [6.07, 6.45) is -4.64. The summed E-state index contributed by atoms with van der Waals surface area (Å²) < 4.78 is 64.6. The summed E-state index contributed by atoms with van der Waals surface area (Å²) in [5.41, 5.74) is -0.397. The zero-order valence-electron chi connectivity index (χ0n) is 11.1. The lowest BCUT2D eigenvalue weighted by atomic mass is 10.2. The van der Waals surface area contributed by atoms with E-state index in [9.17, 15) is 21.6 Å². The Hall–Kier alpha value is -1.57. The van der Waals surface area contributed by atoms with Gasteiger partial charge in [-0.1, -0.05) is 41.9 Å². The van der Waals surface area contributed by atoms with Crippen LogP contribution in [0.4, 0.5) is 13.2 Å². The molecule has 0 atom stereocenters. The largest absolute Gasteiger partial charge is 0.416 e. The van der Waals surface area contributed by atoms with Crippen LogP contribution in [0, 0.1) is 0 Å². The average molecular weight is 350 g/mol. The molecule has 1 N–H and O–H groups in total. The van der Waals surface area contributed by atoms with E-state index in [4.69, 9.17) is 11.6 Å². The molecule has 2 rings (SSSR count).